The highest BCUT2D eigenvalue weighted by atomic mass is 28.2. The molecule has 12 heavy (non-hydrogen) atoms. The summed E-state index contributed by atoms with van der Waals surface area (Å²) in [4.78, 5) is 0. The van der Waals surface area contributed by atoms with E-state index in [0.29, 0.717) is 6.10 Å². The highest BCUT2D eigenvalue weighted by Crippen LogP contribution is 2.26. The van der Waals surface area contributed by atoms with Crippen molar-refractivity contribution in [2.45, 2.75) is 46.8 Å². The van der Waals surface area contributed by atoms with E-state index in [2.05, 4.69) is 41.2 Å². The molecule has 0 rings (SSSR count). The minimum absolute atomic E-state index is 0.257. The van der Waals surface area contributed by atoms with Crippen molar-refractivity contribution in [3.63, 3.8) is 0 Å². The van der Waals surface area contributed by atoms with Crippen LogP contribution in [0.15, 0.2) is 12.2 Å². The van der Waals surface area contributed by atoms with E-state index in [1.54, 1.807) is 0 Å². The lowest BCUT2D eigenvalue weighted by Gasteiger charge is -2.21. The van der Waals surface area contributed by atoms with Crippen LogP contribution in [0.5, 0.6) is 0 Å². The number of allylic oxidation sites excluding steroid dienone is 1. The normalized spacial score (nSPS) is 13.2. The maximum absolute atomic E-state index is 5.59. The molecule has 0 saturated carbocycles. The molecule has 2 heteroatoms. The highest BCUT2D eigenvalue weighted by Gasteiger charge is 2.14. The van der Waals surface area contributed by atoms with Crippen LogP contribution in [0.25, 0.3) is 0 Å². The zero-order valence-electron chi connectivity index (χ0n) is 9.11. The van der Waals surface area contributed by atoms with E-state index in [1.807, 2.05) is 0 Å². The molecule has 0 aliphatic heterocycles. The van der Waals surface area contributed by atoms with Gasteiger partial charge in [-0.05, 0) is 25.3 Å². The molecular formula is C10H22OSi. The summed E-state index contributed by atoms with van der Waals surface area (Å²) in [5, 5.41) is 0. The second-order valence-electron chi connectivity index (χ2n) is 4.52. The molecular weight excluding hydrogens is 164 g/mol. The Kier molecular flexibility index (Phi) is 4.79. The molecule has 0 aliphatic rings. The summed E-state index contributed by atoms with van der Waals surface area (Å²) < 4.78 is 5.59. The van der Waals surface area contributed by atoms with Gasteiger partial charge in [0.25, 0.3) is 0 Å². The Bertz CT molecular complexity index is 144. The van der Waals surface area contributed by atoms with E-state index in [9.17, 15) is 0 Å². The summed E-state index contributed by atoms with van der Waals surface area (Å²) in [6.07, 6.45) is 0.393. The van der Waals surface area contributed by atoms with Gasteiger partial charge in [-0.2, -0.15) is 0 Å². The van der Waals surface area contributed by atoms with E-state index in [4.69, 9.17) is 4.43 Å². The van der Waals surface area contributed by atoms with Crippen LogP contribution in [-0.2, 0) is 4.43 Å². The lowest BCUT2D eigenvalue weighted by Crippen LogP contribution is -2.13. The molecule has 0 amide bonds. The first-order chi connectivity index (χ1) is 5.34. The number of hydrogen-bond donors (Lipinski definition) is 0. The van der Waals surface area contributed by atoms with Crippen LogP contribution in [0.1, 0.15) is 34.6 Å². The van der Waals surface area contributed by atoms with Crippen molar-refractivity contribution in [2.75, 3.05) is 0 Å². The standard InChI is InChI=1S/C10H22OSi/c1-8(2)11-12-7-9(3)10(4,5)6/h8H,3,7,12H2,1-2,4-6H3. The van der Waals surface area contributed by atoms with Gasteiger partial charge in [0, 0.05) is 6.10 Å². The van der Waals surface area contributed by atoms with Crippen LogP contribution in [0.4, 0.5) is 0 Å². The summed E-state index contributed by atoms with van der Waals surface area (Å²) in [5.41, 5.74) is 1.59. The van der Waals surface area contributed by atoms with Crippen LogP contribution >= 0.6 is 0 Å². The molecule has 72 valence electrons. The second-order valence-corrected chi connectivity index (χ2v) is 5.76. The monoisotopic (exact) mass is 186 g/mol. The molecule has 0 bridgehead atoms. The lowest BCUT2D eigenvalue weighted by atomic mass is 9.89. The third kappa shape index (κ3) is 5.55. The minimum Gasteiger partial charge on any atom is -0.421 e. The summed E-state index contributed by atoms with van der Waals surface area (Å²) in [6, 6.07) is 1.11. The van der Waals surface area contributed by atoms with Gasteiger partial charge in [-0.3, -0.25) is 0 Å². The van der Waals surface area contributed by atoms with Gasteiger partial charge in [0.05, 0.1) is 0 Å². The lowest BCUT2D eigenvalue weighted by molar-refractivity contribution is 0.255. The van der Waals surface area contributed by atoms with Crippen LogP contribution in [0.2, 0.25) is 6.04 Å². The van der Waals surface area contributed by atoms with Gasteiger partial charge in [0.15, 0.2) is 9.76 Å². The summed E-state index contributed by atoms with van der Waals surface area (Å²) in [6.45, 7) is 14.9. The average Bonchev–Trinajstić information content (AvgIpc) is 1.84. The zero-order valence-corrected chi connectivity index (χ0v) is 10.5. The Hall–Kier alpha value is -0.0831. The predicted octanol–water partition coefficient (Wildman–Crippen LogP) is 2.52. The minimum atomic E-state index is -0.363. The quantitative estimate of drug-likeness (QED) is 0.484. The van der Waals surface area contributed by atoms with E-state index in [0.717, 1.165) is 6.04 Å². The molecule has 0 aromatic rings. The topological polar surface area (TPSA) is 9.23 Å². The molecule has 0 heterocycles. The zero-order chi connectivity index (χ0) is 9.78. The average molecular weight is 186 g/mol. The SMILES string of the molecule is C=C(C[SiH2]OC(C)C)C(C)(C)C. The van der Waals surface area contributed by atoms with Crippen molar-refractivity contribution >= 4 is 9.76 Å². The highest BCUT2D eigenvalue weighted by molar-refractivity contribution is 6.28. The van der Waals surface area contributed by atoms with Gasteiger partial charge < -0.3 is 4.43 Å². The predicted molar refractivity (Wildman–Crippen MR) is 58.2 cm³/mol. The first-order valence-corrected chi connectivity index (χ1v) is 6.21. The van der Waals surface area contributed by atoms with Crippen molar-refractivity contribution in [1.29, 1.82) is 0 Å². The summed E-state index contributed by atoms with van der Waals surface area (Å²) >= 11 is 0. The van der Waals surface area contributed by atoms with Gasteiger partial charge in [-0.25, -0.2) is 0 Å². The van der Waals surface area contributed by atoms with Crippen LogP contribution in [0, 0.1) is 5.41 Å². The fourth-order valence-electron chi connectivity index (χ4n) is 0.793. The Labute approximate surface area is 79.1 Å². The van der Waals surface area contributed by atoms with Crippen LogP contribution in [-0.4, -0.2) is 15.9 Å². The van der Waals surface area contributed by atoms with E-state index < -0.39 is 0 Å². The van der Waals surface area contributed by atoms with Crippen LogP contribution < -0.4 is 0 Å². The van der Waals surface area contributed by atoms with Crippen LogP contribution in [0.3, 0.4) is 0 Å². The number of hydrogen-bond acceptors (Lipinski definition) is 1. The molecule has 0 spiro atoms. The Morgan fingerprint density at radius 1 is 1.42 bits per heavy atom. The maximum Gasteiger partial charge on any atom is 0.165 e. The molecule has 0 saturated heterocycles. The maximum atomic E-state index is 5.59. The van der Waals surface area contributed by atoms with Gasteiger partial charge in [-0.1, -0.05) is 32.9 Å². The molecule has 0 fully saturated rings. The number of rotatable bonds is 4. The summed E-state index contributed by atoms with van der Waals surface area (Å²) in [5.74, 6) is 0. The fourth-order valence-corrected chi connectivity index (χ4v) is 2.38. The molecule has 0 N–H and O–H groups in total. The van der Waals surface area contributed by atoms with Gasteiger partial charge in [0.2, 0.25) is 0 Å². The molecule has 0 aromatic carbocycles. The Morgan fingerprint density at radius 3 is 2.25 bits per heavy atom. The molecule has 0 aromatic heterocycles. The van der Waals surface area contributed by atoms with Crippen molar-refractivity contribution < 1.29 is 4.43 Å². The molecule has 1 nitrogen and oxygen atoms in total. The Morgan fingerprint density at radius 2 is 1.92 bits per heavy atom. The third-order valence-electron chi connectivity index (χ3n) is 1.92. The van der Waals surface area contributed by atoms with Crippen molar-refractivity contribution in [2.24, 2.45) is 5.41 Å². The van der Waals surface area contributed by atoms with E-state index in [1.165, 1.54) is 5.57 Å². The summed E-state index contributed by atoms with van der Waals surface area (Å²) in [7, 11) is -0.363. The van der Waals surface area contributed by atoms with Gasteiger partial charge in [0.1, 0.15) is 0 Å². The smallest absolute Gasteiger partial charge is 0.165 e. The largest absolute Gasteiger partial charge is 0.421 e. The molecule has 0 unspecified atom stereocenters. The Balaban J connectivity index is 3.59. The van der Waals surface area contributed by atoms with Gasteiger partial charge in [-0.15, -0.1) is 0 Å². The van der Waals surface area contributed by atoms with Crippen molar-refractivity contribution in [3.8, 4) is 0 Å². The molecule has 0 aliphatic carbocycles. The first-order valence-electron chi connectivity index (χ1n) is 4.64. The van der Waals surface area contributed by atoms with Crippen molar-refractivity contribution in [1.82, 2.24) is 0 Å². The second kappa shape index (κ2) is 4.82. The first kappa shape index (κ1) is 11.9. The van der Waals surface area contributed by atoms with Crippen molar-refractivity contribution in [3.05, 3.63) is 12.2 Å². The van der Waals surface area contributed by atoms with E-state index >= 15 is 0 Å². The third-order valence-corrected chi connectivity index (χ3v) is 3.63. The van der Waals surface area contributed by atoms with E-state index in [-0.39, 0.29) is 15.2 Å². The molecule has 0 atom stereocenters. The fraction of sp³-hybridized carbons (Fsp3) is 0.800. The van der Waals surface area contributed by atoms with Gasteiger partial charge >= 0.3 is 0 Å². The molecule has 0 radical (unpaired) electrons.